The van der Waals surface area contributed by atoms with E-state index >= 15 is 0 Å². The number of fused-ring (bicyclic) bond motifs is 12. The van der Waals surface area contributed by atoms with E-state index in [1.54, 1.807) is 0 Å². The molecule has 0 heterocycles. The van der Waals surface area contributed by atoms with E-state index in [4.69, 9.17) is 6.42 Å². The molecule has 1 aliphatic carbocycles. The smallest absolute Gasteiger partial charge is 0.195 e. The maximum atomic E-state index is 14.2. The Balaban J connectivity index is 0.000000138. The van der Waals surface area contributed by atoms with E-state index in [9.17, 15) is 4.79 Å². The van der Waals surface area contributed by atoms with E-state index in [2.05, 4.69) is 252 Å². The maximum Gasteiger partial charge on any atom is 0.195 e. The van der Waals surface area contributed by atoms with Gasteiger partial charge in [-0.2, -0.15) is 0 Å². The van der Waals surface area contributed by atoms with Crippen LogP contribution >= 0.6 is 63.7 Å². The Bertz CT molecular complexity index is 4560. The Kier molecular flexibility index (Phi) is 14.5. The first-order valence-electron chi connectivity index (χ1n) is 25.5. The average Bonchev–Trinajstić information content (AvgIpc) is 3.96. The summed E-state index contributed by atoms with van der Waals surface area (Å²) < 4.78 is 4.06. The van der Waals surface area contributed by atoms with Gasteiger partial charge in [0.05, 0.1) is 0 Å². The van der Waals surface area contributed by atoms with E-state index in [-0.39, 0.29) is 5.78 Å². The van der Waals surface area contributed by atoms with Gasteiger partial charge in [-0.05, 0) is 165 Å². The molecule has 0 atom stereocenters. The van der Waals surface area contributed by atoms with Crippen molar-refractivity contribution in [3.05, 3.63) is 306 Å². The molecule has 5 heteroatoms. The molecule has 0 unspecified atom stereocenters. The molecule has 0 bridgehead atoms. The average molecular weight is 1260 g/mol. The van der Waals surface area contributed by atoms with Crippen LogP contribution in [0.25, 0.3) is 98.4 Å². The minimum Gasteiger partial charge on any atom is -0.289 e. The summed E-state index contributed by atoms with van der Waals surface area (Å²) in [5.41, 5.74) is 11.6. The van der Waals surface area contributed by atoms with Gasteiger partial charge in [0.2, 0.25) is 0 Å². The van der Waals surface area contributed by atoms with Crippen LogP contribution in [0, 0.1) is 12.3 Å². The van der Waals surface area contributed by atoms with E-state index < -0.39 is 0 Å². The first-order chi connectivity index (χ1) is 38.2. The van der Waals surface area contributed by atoms with Crippen molar-refractivity contribution in [1.29, 1.82) is 0 Å². The van der Waals surface area contributed by atoms with Gasteiger partial charge in [0.1, 0.15) is 0 Å². The lowest BCUT2D eigenvalue weighted by Gasteiger charge is -2.22. The van der Waals surface area contributed by atoms with Crippen LogP contribution in [0.1, 0.15) is 16.7 Å². The first kappa shape index (κ1) is 50.8. The second-order valence-electron chi connectivity index (χ2n) is 19.0. The predicted octanol–water partition coefficient (Wildman–Crippen LogP) is 19.8. The van der Waals surface area contributed by atoms with Crippen LogP contribution in [0.4, 0.5) is 0 Å². The fourth-order valence-electron chi connectivity index (χ4n) is 11.2. The molecule has 13 aromatic carbocycles. The van der Waals surface area contributed by atoms with Crippen LogP contribution in [0.5, 0.6) is 0 Å². The number of hydrogen-bond acceptors (Lipinski definition) is 1. The number of carbonyl (C=O) groups excluding carboxylic acids is 1. The first-order valence-corrected chi connectivity index (χ1v) is 28.7. The van der Waals surface area contributed by atoms with Crippen LogP contribution in [-0.2, 0) is 4.79 Å². The molecule has 0 radical (unpaired) electrons. The zero-order valence-corrected chi connectivity index (χ0v) is 48.2. The Hall–Kier alpha value is -7.95. The zero-order chi connectivity index (χ0) is 53.3. The quantitative estimate of drug-likeness (QED) is 0.124. The van der Waals surface area contributed by atoms with Gasteiger partial charge in [0.15, 0.2) is 5.78 Å². The van der Waals surface area contributed by atoms with Crippen LogP contribution < -0.4 is 10.4 Å². The monoisotopic (exact) mass is 1250 g/mol. The largest absolute Gasteiger partial charge is 0.289 e. The summed E-state index contributed by atoms with van der Waals surface area (Å²) in [5.74, 6) is 2.59. The maximum absolute atomic E-state index is 14.2. The zero-order valence-electron chi connectivity index (χ0n) is 41.8. The fraction of sp³-hybridized carbons (Fsp3) is 0. The van der Waals surface area contributed by atoms with Crippen molar-refractivity contribution in [2.45, 2.75) is 0 Å². The molecule has 1 nitrogen and oxygen atoms in total. The number of halogens is 4. The lowest BCUT2D eigenvalue weighted by Crippen LogP contribution is -2.27. The highest BCUT2D eigenvalue weighted by Gasteiger charge is 2.29. The van der Waals surface area contributed by atoms with Crippen molar-refractivity contribution in [2.24, 2.45) is 0 Å². The summed E-state index contributed by atoms with van der Waals surface area (Å²) in [7, 11) is 0. The molecule has 1 aliphatic rings. The molecule has 78 heavy (non-hydrogen) atoms. The number of Topliss-reactive ketones (excluding diaryl/α,β-unsaturated/α-hetero) is 1. The van der Waals surface area contributed by atoms with Crippen LogP contribution in [0.2, 0.25) is 0 Å². The normalized spacial score (nSPS) is 11.8. The van der Waals surface area contributed by atoms with Gasteiger partial charge in [0.25, 0.3) is 0 Å². The van der Waals surface area contributed by atoms with Gasteiger partial charge in [-0.1, -0.05) is 264 Å². The van der Waals surface area contributed by atoms with Crippen molar-refractivity contribution in [3.63, 3.8) is 0 Å². The SMILES string of the molecule is Brc1cccc(-c2cc(-c3ccccc3)c(-c3cccc(Br)c3)c3c4ccccc4c4ccccc4c23)c1.C#Cc1ccccc1.O=C1C(c2cccc(Br)c2)=c2c(c3ccccc3c3ccccc23)=C1c1cccc(Br)c1. The number of terminal acetylenes is 1. The number of hydrogen-bond donors (Lipinski definition) is 0. The molecule has 13 aromatic rings. The summed E-state index contributed by atoms with van der Waals surface area (Å²) >= 11 is 14.7. The molecule has 370 valence electrons. The molecule has 0 aliphatic heterocycles. The Morgan fingerprint density at radius 1 is 0.295 bits per heavy atom. The van der Waals surface area contributed by atoms with Crippen molar-refractivity contribution < 1.29 is 4.79 Å². The van der Waals surface area contributed by atoms with E-state index in [0.29, 0.717) is 0 Å². The number of carbonyl (C=O) groups is 1. The Morgan fingerprint density at radius 2 is 0.641 bits per heavy atom. The summed E-state index contributed by atoms with van der Waals surface area (Å²) in [6, 6.07) is 90.7. The minimum atomic E-state index is 0.0673. The van der Waals surface area contributed by atoms with E-state index in [1.807, 2.05) is 78.9 Å². The number of benzene rings is 13. The molecule has 0 amide bonds. The predicted molar refractivity (Wildman–Crippen MR) is 344 cm³/mol. The van der Waals surface area contributed by atoms with Crippen LogP contribution in [-0.4, -0.2) is 5.78 Å². The van der Waals surface area contributed by atoms with Gasteiger partial charge in [-0.3, -0.25) is 4.79 Å². The third-order valence-corrected chi connectivity index (χ3v) is 16.4. The molecule has 0 saturated heterocycles. The lowest BCUT2D eigenvalue weighted by atomic mass is 9.81. The van der Waals surface area contributed by atoms with Crippen molar-refractivity contribution in [3.8, 4) is 45.7 Å². The summed E-state index contributed by atoms with van der Waals surface area (Å²) in [5, 5.41) is 14.3. The fourth-order valence-corrected chi connectivity index (χ4v) is 12.8. The highest BCUT2D eigenvalue weighted by molar-refractivity contribution is 9.11. The molecular formula is C73H44Br4O. The summed E-state index contributed by atoms with van der Waals surface area (Å²) in [4.78, 5) is 14.2. The van der Waals surface area contributed by atoms with Gasteiger partial charge in [0, 0.05) is 45.0 Å². The van der Waals surface area contributed by atoms with Crippen molar-refractivity contribution in [1.82, 2.24) is 0 Å². The number of rotatable bonds is 5. The summed E-state index contributed by atoms with van der Waals surface area (Å²) in [6.45, 7) is 0. The third-order valence-electron chi connectivity index (χ3n) is 14.4. The Labute approximate surface area is 486 Å². The highest BCUT2D eigenvalue weighted by atomic mass is 79.9. The van der Waals surface area contributed by atoms with Gasteiger partial charge in [-0.25, -0.2) is 0 Å². The van der Waals surface area contributed by atoms with Crippen molar-refractivity contribution in [2.75, 3.05) is 0 Å². The van der Waals surface area contributed by atoms with Crippen LogP contribution in [0.15, 0.2) is 279 Å². The molecule has 0 spiro atoms. The second-order valence-corrected chi connectivity index (χ2v) is 22.7. The Morgan fingerprint density at radius 3 is 1.09 bits per heavy atom. The standard InChI is InChI=1S/C36H22Br2.C29H16Br2O.C8H6/c37-26-14-8-12-24(20-26)33-22-32(23-10-2-1-3-11-23)34(25-13-9-15-27(38)21-25)36-31-19-7-5-17-29(31)28-16-4-6-18-30(28)35(33)36;30-19-9-5-7-17(15-19)25-27-23-13-3-1-11-21(23)22-12-2-4-14-24(22)28(27)26(29(25)32)18-8-6-10-20(31)16-18;1-2-8-6-4-3-5-7-8/h1-22H;1-16H;1,3-7H. The topological polar surface area (TPSA) is 17.1 Å². The molecular weight excluding hydrogens is 1210 g/mol. The molecule has 0 saturated carbocycles. The van der Waals surface area contributed by atoms with Gasteiger partial charge in [-0.15, -0.1) is 6.42 Å². The van der Waals surface area contributed by atoms with E-state index in [1.165, 1.54) is 65.7 Å². The summed E-state index contributed by atoms with van der Waals surface area (Å²) in [6.07, 6.45) is 5.10. The van der Waals surface area contributed by atoms with Crippen molar-refractivity contribution >= 4 is 135 Å². The van der Waals surface area contributed by atoms with Crippen LogP contribution in [0.3, 0.4) is 0 Å². The lowest BCUT2D eigenvalue weighted by molar-refractivity contribution is -0.108. The second kappa shape index (κ2) is 22.2. The van der Waals surface area contributed by atoms with Gasteiger partial charge >= 0.3 is 0 Å². The number of ketones is 1. The molecule has 0 aromatic heterocycles. The molecule has 0 N–H and O–H groups in total. The third kappa shape index (κ3) is 9.65. The molecule has 0 fully saturated rings. The van der Waals surface area contributed by atoms with E-state index in [0.717, 1.165) is 77.7 Å². The van der Waals surface area contributed by atoms with Gasteiger partial charge < -0.3 is 0 Å². The molecule has 14 rings (SSSR count). The minimum absolute atomic E-state index is 0.0673. The highest BCUT2D eigenvalue weighted by Crippen LogP contribution is 2.49.